The summed E-state index contributed by atoms with van der Waals surface area (Å²) < 4.78 is 30.2. The van der Waals surface area contributed by atoms with Crippen molar-refractivity contribution in [2.24, 2.45) is 0 Å². The highest BCUT2D eigenvalue weighted by Gasteiger charge is 2.25. The van der Waals surface area contributed by atoms with Crippen molar-refractivity contribution in [1.82, 2.24) is 10.2 Å². The molecule has 2 rings (SSSR count). The van der Waals surface area contributed by atoms with E-state index in [9.17, 15) is 22.8 Å². The second-order valence-corrected chi connectivity index (χ2v) is 8.86. The molecule has 0 atom stereocenters. The standard InChI is InChI=1S/C19H27N3O6S/c1-4-9-20-17(23)12-21(2)18(24)13-28-19(25)15-7-8-16-14(11-15)6-5-10-22(16)29(3,26)27/h7-8,11H,4-6,9-10,12-13H2,1-3H3,(H,20,23). The minimum Gasteiger partial charge on any atom is -0.452 e. The van der Waals surface area contributed by atoms with Gasteiger partial charge in [-0.05, 0) is 43.0 Å². The fourth-order valence-corrected chi connectivity index (χ4v) is 3.97. The van der Waals surface area contributed by atoms with Gasteiger partial charge in [-0.15, -0.1) is 0 Å². The van der Waals surface area contributed by atoms with E-state index in [2.05, 4.69) is 5.32 Å². The van der Waals surface area contributed by atoms with Crippen molar-refractivity contribution in [2.75, 3.05) is 43.8 Å². The van der Waals surface area contributed by atoms with Crippen molar-refractivity contribution >= 4 is 33.5 Å². The molecule has 1 aliphatic heterocycles. The smallest absolute Gasteiger partial charge is 0.338 e. The summed E-state index contributed by atoms with van der Waals surface area (Å²) in [5, 5.41) is 2.66. The highest BCUT2D eigenvalue weighted by Crippen LogP contribution is 2.30. The minimum atomic E-state index is -3.39. The van der Waals surface area contributed by atoms with Crippen molar-refractivity contribution in [3.05, 3.63) is 29.3 Å². The summed E-state index contributed by atoms with van der Waals surface area (Å²) in [5.74, 6) is -1.45. The summed E-state index contributed by atoms with van der Waals surface area (Å²) in [6.07, 6.45) is 3.25. The molecule has 160 valence electrons. The first-order valence-electron chi connectivity index (χ1n) is 9.42. The van der Waals surface area contributed by atoms with Crippen molar-refractivity contribution in [3.63, 3.8) is 0 Å². The first-order valence-corrected chi connectivity index (χ1v) is 11.3. The molecule has 1 aromatic carbocycles. The summed E-state index contributed by atoms with van der Waals surface area (Å²) in [6, 6.07) is 4.66. The van der Waals surface area contributed by atoms with Gasteiger partial charge in [0.05, 0.1) is 24.1 Å². The molecule has 29 heavy (non-hydrogen) atoms. The number of benzene rings is 1. The van der Waals surface area contributed by atoms with Crippen LogP contribution in [0.3, 0.4) is 0 Å². The topological polar surface area (TPSA) is 113 Å². The Morgan fingerprint density at radius 2 is 2.00 bits per heavy atom. The van der Waals surface area contributed by atoms with Crippen LogP contribution in [0.4, 0.5) is 5.69 Å². The summed E-state index contributed by atoms with van der Waals surface area (Å²) in [4.78, 5) is 37.2. The number of amides is 2. The van der Waals surface area contributed by atoms with E-state index in [4.69, 9.17) is 4.74 Å². The van der Waals surface area contributed by atoms with Gasteiger partial charge in [0.15, 0.2) is 6.61 Å². The molecule has 0 saturated heterocycles. The monoisotopic (exact) mass is 425 g/mol. The lowest BCUT2D eigenvalue weighted by Gasteiger charge is -2.29. The van der Waals surface area contributed by atoms with Crippen LogP contribution in [0.2, 0.25) is 0 Å². The van der Waals surface area contributed by atoms with Crippen molar-refractivity contribution in [2.45, 2.75) is 26.2 Å². The van der Waals surface area contributed by atoms with Crippen LogP contribution in [0.5, 0.6) is 0 Å². The summed E-state index contributed by atoms with van der Waals surface area (Å²) in [5.41, 5.74) is 1.55. The highest BCUT2D eigenvalue weighted by molar-refractivity contribution is 7.92. The Labute approximate surface area is 171 Å². The Hall–Kier alpha value is -2.62. The van der Waals surface area contributed by atoms with Crippen LogP contribution in [0, 0.1) is 0 Å². The number of nitrogens with one attached hydrogen (secondary N) is 1. The maximum atomic E-state index is 12.3. The molecule has 10 heteroatoms. The fourth-order valence-electron chi connectivity index (χ4n) is 2.98. The van der Waals surface area contributed by atoms with Gasteiger partial charge >= 0.3 is 5.97 Å². The maximum Gasteiger partial charge on any atom is 0.338 e. The number of fused-ring (bicyclic) bond motifs is 1. The Morgan fingerprint density at radius 1 is 1.28 bits per heavy atom. The average Bonchev–Trinajstić information content (AvgIpc) is 2.68. The second-order valence-electron chi connectivity index (χ2n) is 6.96. The van der Waals surface area contributed by atoms with Gasteiger partial charge in [0.2, 0.25) is 15.9 Å². The summed E-state index contributed by atoms with van der Waals surface area (Å²) in [6.45, 7) is 2.26. The zero-order chi connectivity index (χ0) is 21.6. The predicted octanol–water partition coefficient (Wildman–Crippen LogP) is 0.540. The SMILES string of the molecule is CCCNC(=O)CN(C)C(=O)COC(=O)c1ccc2c(c1)CCCN2S(C)(=O)=O. The van der Waals surface area contributed by atoms with Crippen LogP contribution in [0.25, 0.3) is 0 Å². The molecule has 0 unspecified atom stereocenters. The van der Waals surface area contributed by atoms with Gasteiger partial charge in [-0.3, -0.25) is 13.9 Å². The molecule has 1 aromatic rings. The van der Waals surface area contributed by atoms with E-state index in [0.717, 1.165) is 18.2 Å². The Kier molecular flexibility index (Phi) is 7.60. The quantitative estimate of drug-likeness (QED) is 0.608. The number of carbonyl (C=O) groups is 3. The average molecular weight is 426 g/mol. The van der Waals surface area contributed by atoms with Crippen LogP contribution < -0.4 is 9.62 Å². The van der Waals surface area contributed by atoms with Crippen LogP contribution in [-0.4, -0.2) is 70.6 Å². The molecule has 9 nitrogen and oxygen atoms in total. The van der Waals surface area contributed by atoms with E-state index in [1.54, 1.807) is 12.1 Å². The zero-order valence-electron chi connectivity index (χ0n) is 16.9. The van der Waals surface area contributed by atoms with Crippen molar-refractivity contribution in [3.8, 4) is 0 Å². The van der Waals surface area contributed by atoms with Crippen LogP contribution in [0.15, 0.2) is 18.2 Å². The number of likely N-dealkylation sites (N-methyl/N-ethyl adjacent to an activating group) is 1. The third-order valence-corrected chi connectivity index (χ3v) is 5.68. The lowest BCUT2D eigenvalue weighted by Crippen LogP contribution is -2.40. The van der Waals surface area contributed by atoms with Gasteiger partial charge in [-0.2, -0.15) is 0 Å². The molecule has 0 saturated carbocycles. The molecule has 0 aromatic heterocycles. The number of nitrogens with zero attached hydrogens (tertiary/aromatic N) is 2. The summed E-state index contributed by atoms with van der Waals surface area (Å²) in [7, 11) is -1.93. The Balaban J connectivity index is 1.96. The summed E-state index contributed by atoms with van der Waals surface area (Å²) >= 11 is 0. The number of ether oxygens (including phenoxy) is 1. The van der Waals surface area contributed by atoms with Crippen LogP contribution in [0.1, 0.15) is 35.7 Å². The first-order chi connectivity index (χ1) is 13.6. The van der Waals surface area contributed by atoms with E-state index in [1.165, 1.54) is 22.3 Å². The van der Waals surface area contributed by atoms with Gasteiger partial charge in [0, 0.05) is 20.1 Å². The number of aryl methyl sites for hydroxylation is 1. The van der Waals surface area contributed by atoms with E-state index in [-0.39, 0.29) is 18.0 Å². The number of anilines is 1. The van der Waals surface area contributed by atoms with E-state index < -0.39 is 28.5 Å². The molecule has 1 heterocycles. The molecule has 1 aliphatic rings. The van der Waals surface area contributed by atoms with Gasteiger partial charge < -0.3 is 15.0 Å². The predicted molar refractivity (Wildman–Crippen MR) is 108 cm³/mol. The normalized spacial score (nSPS) is 13.4. The van der Waals surface area contributed by atoms with E-state index in [0.29, 0.717) is 31.6 Å². The van der Waals surface area contributed by atoms with Crippen LogP contribution >= 0.6 is 0 Å². The Bertz CT molecular complexity index is 884. The third-order valence-electron chi connectivity index (χ3n) is 4.50. The van der Waals surface area contributed by atoms with E-state index >= 15 is 0 Å². The number of rotatable bonds is 8. The van der Waals surface area contributed by atoms with Crippen molar-refractivity contribution in [1.29, 1.82) is 0 Å². The third kappa shape index (κ3) is 6.18. The second kappa shape index (κ2) is 9.73. The number of carbonyl (C=O) groups excluding carboxylic acids is 3. The fraction of sp³-hybridized carbons (Fsp3) is 0.526. The maximum absolute atomic E-state index is 12.3. The lowest BCUT2D eigenvalue weighted by atomic mass is 10.0. The molecule has 2 amide bonds. The lowest BCUT2D eigenvalue weighted by molar-refractivity contribution is -0.137. The molecular formula is C19H27N3O6S. The molecule has 0 bridgehead atoms. The zero-order valence-corrected chi connectivity index (χ0v) is 17.8. The molecule has 0 fully saturated rings. The minimum absolute atomic E-state index is 0.115. The number of hydrogen-bond donors (Lipinski definition) is 1. The molecule has 1 N–H and O–H groups in total. The van der Waals surface area contributed by atoms with E-state index in [1.807, 2.05) is 6.92 Å². The van der Waals surface area contributed by atoms with Crippen LogP contribution in [-0.2, 0) is 30.8 Å². The van der Waals surface area contributed by atoms with Gasteiger partial charge in [-0.1, -0.05) is 6.92 Å². The van der Waals surface area contributed by atoms with Gasteiger partial charge in [-0.25, -0.2) is 13.2 Å². The van der Waals surface area contributed by atoms with Gasteiger partial charge in [0.25, 0.3) is 5.91 Å². The number of hydrogen-bond acceptors (Lipinski definition) is 6. The van der Waals surface area contributed by atoms with Crippen molar-refractivity contribution < 1.29 is 27.5 Å². The first kappa shape index (κ1) is 22.7. The Morgan fingerprint density at radius 3 is 2.66 bits per heavy atom. The number of esters is 1. The largest absolute Gasteiger partial charge is 0.452 e. The van der Waals surface area contributed by atoms with Gasteiger partial charge in [0.1, 0.15) is 0 Å². The number of sulfonamides is 1. The molecule has 0 radical (unpaired) electrons. The molecule has 0 spiro atoms. The molecule has 0 aliphatic carbocycles. The highest BCUT2D eigenvalue weighted by atomic mass is 32.2. The molecular weight excluding hydrogens is 398 g/mol.